The summed E-state index contributed by atoms with van der Waals surface area (Å²) in [6.07, 6.45) is 0. The van der Waals surface area contributed by atoms with Crippen molar-refractivity contribution in [2.24, 2.45) is 0 Å². The van der Waals surface area contributed by atoms with Crippen molar-refractivity contribution < 1.29 is 33.1 Å². The summed E-state index contributed by atoms with van der Waals surface area (Å²) in [5.74, 6) is -0.344. The Balaban J connectivity index is 1.54. The minimum Gasteiger partial charge on any atom is -0.496 e. The number of fused-ring (bicyclic) bond motifs is 1. The number of ether oxygens (including phenoxy) is 3. The van der Waals surface area contributed by atoms with E-state index in [-0.39, 0.29) is 29.5 Å². The van der Waals surface area contributed by atoms with E-state index in [4.69, 9.17) is 14.2 Å². The molecule has 0 fully saturated rings. The third-order valence-corrected chi connectivity index (χ3v) is 7.41. The Kier molecular flexibility index (Phi) is 7.97. The van der Waals surface area contributed by atoms with Gasteiger partial charge in [0, 0.05) is 42.4 Å². The zero-order valence-electron chi connectivity index (χ0n) is 24.8. The molecule has 0 aromatic heterocycles. The third-order valence-electron chi connectivity index (χ3n) is 7.41. The van der Waals surface area contributed by atoms with Gasteiger partial charge in [0.05, 0.1) is 29.0 Å². The van der Waals surface area contributed by atoms with Crippen molar-refractivity contribution >= 4 is 28.9 Å². The SMILES string of the molecule is COc1cc(OC(=O)c2ccc([N+](=O)[O-])cc2)ccc1-c1ccc2c(c1COc1cc(F)ccc1C)N(C)C(=O)C(C)(C)N2. The van der Waals surface area contributed by atoms with Crippen LogP contribution in [0.3, 0.4) is 0 Å². The maximum absolute atomic E-state index is 14.1. The standard InChI is InChI=1S/C33H30FN3O7/c1-19-6-9-21(34)16-28(19)43-18-26-24(14-15-27-30(26)36(4)32(39)33(2,3)35-27)25-13-12-23(17-29(25)42-5)44-31(38)20-7-10-22(11-8-20)37(40)41/h6-17,35H,18H2,1-5H3. The highest BCUT2D eigenvalue weighted by molar-refractivity contribution is 6.08. The molecular weight excluding hydrogens is 569 g/mol. The summed E-state index contributed by atoms with van der Waals surface area (Å²) in [5, 5.41) is 14.2. The van der Waals surface area contributed by atoms with Gasteiger partial charge >= 0.3 is 5.97 Å². The van der Waals surface area contributed by atoms with Crippen molar-refractivity contribution in [3.05, 3.63) is 105 Å². The van der Waals surface area contributed by atoms with Crippen LogP contribution in [0.4, 0.5) is 21.5 Å². The van der Waals surface area contributed by atoms with Gasteiger partial charge in [-0.1, -0.05) is 12.1 Å². The van der Waals surface area contributed by atoms with Crippen LogP contribution in [0.25, 0.3) is 11.1 Å². The molecule has 226 valence electrons. The minimum absolute atomic E-state index is 0.00254. The van der Waals surface area contributed by atoms with E-state index in [0.717, 1.165) is 11.3 Å². The highest BCUT2D eigenvalue weighted by Crippen LogP contribution is 2.45. The van der Waals surface area contributed by atoms with Gasteiger partial charge < -0.3 is 24.4 Å². The van der Waals surface area contributed by atoms with Gasteiger partial charge in [-0.3, -0.25) is 14.9 Å². The van der Waals surface area contributed by atoms with Crippen LogP contribution in [-0.2, 0) is 11.4 Å². The fourth-order valence-corrected chi connectivity index (χ4v) is 5.15. The molecule has 44 heavy (non-hydrogen) atoms. The number of likely N-dealkylation sites (N-methyl/N-ethyl adjacent to an activating group) is 1. The summed E-state index contributed by atoms with van der Waals surface area (Å²) in [6.45, 7) is 5.42. The van der Waals surface area contributed by atoms with E-state index < -0.39 is 22.2 Å². The van der Waals surface area contributed by atoms with Crippen molar-refractivity contribution in [1.82, 2.24) is 0 Å². The first-order valence-corrected chi connectivity index (χ1v) is 13.7. The van der Waals surface area contributed by atoms with Crippen molar-refractivity contribution in [1.29, 1.82) is 0 Å². The topological polar surface area (TPSA) is 120 Å². The largest absolute Gasteiger partial charge is 0.496 e. The number of nitro groups is 1. The fraction of sp³-hybridized carbons (Fsp3) is 0.212. The number of halogens is 1. The number of aryl methyl sites for hydroxylation is 1. The average molecular weight is 600 g/mol. The second-order valence-corrected chi connectivity index (χ2v) is 10.9. The molecule has 10 nitrogen and oxygen atoms in total. The number of methoxy groups -OCH3 is 1. The number of carbonyl (C=O) groups is 2. The van der Waals surface area contributed by atoms with E-state index in [1.165, 1.54) is 43.5 Å². The third kappa shape index (κ3) is 5.76. The second kappa shape index (κ2) is 11.7. The van der Waals surface area contributed by atoms with Crippen LogP contribution in [0.5, 0.6) is 17.2 Å². The molecule has 11 heteroatoms. The Morgan fingerprint density at radius 3 is 2.39 bits per heavy atom. The number of benzene rings is 4. The number of nitrogens with one attached hydrogen (secondary N) is 1. The summed E-state index contributed by atoms with van der Waals surface area (Å²) in [6, 6.07) is 18.0. The van der Waals surface area contributed by atoms with Crippen LogP contribution in [-0.4, -0.2) is 36.5 Å². The molecule has 1 heterocycles. The molecule has 1 N–H and O–H groups in total. The van der Waals surface area contributed by atoms with Crippen LogP contribution in [0, 0.1) is 22.9 Å². The van der Waals surface area contributed by atoms with E-state index in [0.29, 0.717) is 33.9 Å². The molecule has 0 atom stereocenters. The Labute approximate surface area is 253 Å². The molecule has 0 aliphatic carbocycles. The first kappa shape index (κ1) is 30.0. The lowest BCUT2D eigenvalue weighted by atomic mass is 9.91. The quantitative estimate of drug-likeness (QED) is 0.103. The molecule has 0 spiro atoms. The number of non-ortho nitro benzene ring substituents is 1. The van der Waals surface area contributed by atoms with Gasteiger partial charge in [0.25, 0.3) is 11.6 Å². The summed E-state index contributed by atoms with van der Waals surface area (Å²) in [4.78, 5) is 38.0. The number of esters is 1. The van der Waals surface area contributed by atoms with Gasteiger partial charge in [-0.2, -0.15) is 0 Å². The first-order chi connectivity index (χ1) is 20.9. The van der Waals surface area contributed by atoms with Gasteiger partial charge in [-0.25, -0.2) is 9.18 Å². The summed E-state index contributed by atoms with van der Waals surface area (Å²) >= 11 is 0. The van der Waals surface area contributed by atoms with E-state index >= 15 is 0 Å². The van der Waals surface area contributed by atoms with Gasteiger partial charge in [-0.15, -0.1) is 0 Å². The number of amides is 1. The predicted octanol–water partition coefficient (Wildman–Crippen LogP) is 6.68. The number of anilines is 2. The maximum atomic E-state index is 14.1. The lowest BCUT2D eigenvalue weighted by Crippen LogP contribution is -2.52. The summed E-state index contributed by atoms with van der Waals surface area (Å²) < 4.78 is 31.4. The number of rotatable bonds is 8. The Hall–Kier alpha value is -5.45. The Morgan fingerprint density at radius 1 is 1.00 bits per heavy atom. The number of nitro benzene ring substituents is 1. The fourth-order valence-electron chi connectivity index (χ4n) is 5.15. The number of nitrogens with zero attached hydrogens (tertiary/aromatic N) is 2. The number of hydrogen-bond acceptors (Lipinski definition) is 8. The van der Waals surface area contributed by atoms with E-state index in [1.807, 2.05) is 19.1 Å². The molecule has 1 amide bonds. The predicted molar refractivity (Wildman–Crippen MR) is 163 cm³/mol. The Bertz CT molecular complexity index is 1790. The van der Waals surface area contributed by atoms with E-state index in [1.54, 1.807) is 50.1 Å². The van der Waals surface area contributed by atoms with E-state index in [9.17, 15) is 24.1 Å². The molecule has 4 aromatic rings. The van der Waals surface area contributed by atoms with Gasteiger partial charge in [0.1, 0.15) is 35.2 Å². The minimum atomic E-state index is -0.840. The van der Waals surface area contributed by atoms with Crippen LogP contribution in [0.15, 0.2) is 72.8 Å². The molecule has 0 saturated heterocycles. The smallest absolute Gasteiger partial charge is 0.343 e. The van der Waals surface area contributed by atoms with Crippen LogP contribution in [0.1, 0.15) is 35.3 Å². The lowest BCUT2D eigenvalue weighted by molar-refractivity contribution is -0.384. The van der Waals surface area contributed by atoms with Gasteiger partial charge in [0.15, 0.2) is 0 Å². The van der Waals surface area contributed by atoms with E-state index in [2.05, 4.69) is 5.32 Å². The van der Waals surface area contributed by atoms with Gasteiger partial charge in [-0.05, 0) is 68.3 Å². The lowest BCUT2D eigenvalue weighted by Gasteiger charge is -2.39. The zero-order chi connectivity index (χ0) is 31.8. The summed E-state index contributed by atoms with van der Waals surface area (Å²) in [7, 11) is 3.17. The molecule has 5 rings (SSSR count). The first-order valence-electron chi connectivity index (χ1n) is 13.7. The van der Waals surface area contributed by atoms with Crippen molar-refractivity contribution in [3.8, 4) is 28.4 Å². The molecule has 0 saturated carbocycles. The van der Waals surface area contributed by atoms with Crippen molar-refractivity contribution in [3.63, 3.8) is 0 Å². The maximum Gasteiger partial charge on any atom is 0.343 e. The molecular formula is C33H30FN3O7. The normalized spacial score (nSPS) is 13.5. The molecule has 4 aromatic carbocycles. The number of carbonyl (C=O) groups excluding carboxylic acids is 2. The molecule has 0 bridgehead atoms. The Morgan fingerprint density at radius 2 is 1.70 bits per heavy atom. The van der Waals surface area contributed by atoms with Crippen molar-refractivity contribution in [2.45, 2.75) is 32.9 Å². The summed E-state index contributed by atoms with van der Waals surface area (Å²) in [5.41, 5.74) is 3.21. The second-order valence-electron chi connectivity index (χ2n) is 10.9. The molecule has 1 aliphatic rings. The highest BCUT2D eigenvalue weighted by atomic mass is 19.1. The highest BCUT2D eigenvalue weighted by Gasteiger charge is 2.38. The van der Waals surface area contributed by atoms with Crippen molar-refractivity contribution in [2.75, 3.05) is 24.4 Å². The molecule has 1 aliphatic heterocycles. The van der Waals surface area contributed by atoms with Crippen LogP contribution in [0.2, 0.25) is 0 Å². The number of hydrogen-bond donors (Lipinski definition) is 1. The zero-order valence-corrected chi connectivity index (χ0v) is 24.8. The van der Waals surface area contributed by atoms with Gasteiger partial charge in [0.2, 0.25) is 0 Å². The monoisotopic (exact) mass is 599 g/mol. The molecule has 0 radical (unpaired) electrons. The average Bonchev–Trinajstić information content (AvgIpc) is 3.00. The molecule has 0 unspecified atom stereocenters. The van der Waals surface area contributed by atoms with Crippen LogP contribution >= 0.6 is 0 Å². The van der Waals surface area contributed by atoms with Crippen LogP contribution < -0.4 is 24.4 Å².